The van der Waals surface area contributed by atoms with Crippen LogP contribution in [0.1, 0.15) is 47.4 Å². The van der Waals surface area contributed by atoms with Crippen molar-refractivity contribution >= 4 is 5.91 Å². The van der Waals surface area contributed by atoms with Crippen molar-refractivity contribution in [2.75, 3.05) is 26.3 Å². The summed E-state index contributed by atoms with van der Waals surface area (Å²) in [6, 6.07) is 3.77. The minimum atomic E-state index is 0.103. The van der Waals surface area contributed by atoms with Gasteiger partial charge >= 0.3 is 0 Å². The lowest BCUT2D eigenvalue weighted by Gasteiger charge is -2.18. The molecule has 7 nitrogen and oxygen atoms in total. The summed E-state index contributed by atoms with van der Waals surface area (Å²) in [6.07, 6.45) is 5.55. The number of hydrogen-bond donors (Lipinski definition) is 0. The van der Waals surface area contributed by atoms with Crippen LogP contribution in [0, 0.1) is 5.92 Å². The van der Waals surface area contributed by atoms with Crippen LogP contribution in [0.3, 0.4) is 0 Å². The molecule has 0 bridgehead atoms. The number of ether oxygens (including phenoxy) is 1. The standard InChI is InChI=1S/C18H24N4O3/c1-21-7-2-3-15(21)18(23)22-8-4-13(12-22)11-16-19-17(25-20-16)14-5-9-24-10-6-14/h2-3,7,13-14H,4-6,8-12H2,1H3. The van der Waals surface area contributed by atoms with Gasteiger partial charge in [-0.2, -0.15) is 4.98 Å². The molecule has 1 atom stereocenters. The van der Waals surface area contributed by atoms with Crippen LogP contribution in [0.25, 0.3) is 0 Å². The average molecular weight is 344 g/mol. The van der Waals surface area contributed by atoms with Crippen LogP contribution in [0.5, 0.6) is 0 Å². The molecule has 4 rings (SSSR count). The number of likely N-dealkylation sites (tertiary alicyclic amines) is 1. The minimum Gasteiger partial charge on any atom is -0.381 e. The van der Waals surface area contributed by atoms with Gasteiger partial charge in [-0.25, -0.2) is 0 Å². The van der Waals surface area contributed by atoms with Crippen LogP contribution >= 0.6 is 0 Å². The average Bonchev–Trinajstić information content (AvgIpc) is 3.37. The van der Waals surface area contributed by atoms with Crippen LogP contribution in [-0.4, -0.2) is 51.8 Å². The van der Waals surface area contributed by atoms with E-state index in [4.69, 9.17) is 9.26 Å². The maximum Gasteiger partial charge on any atom is 0.270 e. The predicted molar refractivity (Wildman–Crippen MR) is 90.2 cm³/mol. The molecule has 0 radical (unpaired) electrons. The zero-order chi connectivity index (χ0) is 17.2. The normalized spacial score (nSPS) is 21.8. The third-order valence-corrected chi connectivity index (χ3v) is 5.26. The van der Waals surface area contributed by atoms with Crippen molar-refractivity contribution in [2.45, 2.75) is 31.6 Å². The van der Waals surface area contributed by atoms with E-state index in [9.17, 15) is 4.79 Å². The second kappa shape index (κ2) is 7.00. The largest absolute Gasteiger partial charge is 0.381 e. The molecule has 4 heterocycles. The number of hydrogen-bond acceptors (Lipinski definition) is 5. The lowest BCUT2D eigenvalue weighted by atomic mass is 10.0. The van der Waals surface area contributed by atoms with Crippen molar-refractivity contribution in [2.24, 2.45) is 13.0 Å². The number of aromatic nitrogens is 3. The topological polar surface area (TPSA) is 73.4 Å². The number of rotatable bonds is 4. The predicted octanol–water partition coefficient (Wildman–Crippen LogP) is 2.01. The van der Waals surface area contributed by atoms with E-state index in [0.29, 0.717) is 11.8 Å². The Hall–Kier alpha value is -2.15. The van der Waals surface area contributed by atoms with Crippen molar-refractivity contribution in [3.05, 3.63) is 35.7 Å². The van der Waals surface area contributed by atoms with E-state index in [1.807, 2.05) is 34.8 Å². The van der Waals surface area contributed by atoms with E-state index < -0.39 is 0 Å². The Labute approximate surface area is 146 Å². The highest BCUT2D eigenvalue weighted by molar-refractivity contribution is 5.92. The molecule has 0 N–H and O–H groups in total. The molecule has 1 amide bonds. The second-order valence-electron chi connectivity index (χ2n) is 7.05. The first-order valence-corrected chi connectivity index (χ1v) is 9.01. The van der Waals surface area contributed by atoms with Gasteiger partial charge < -0.3 is 18.7 Å². The van der Waals surface area contributed by atoms with Crippen LogP contribution in [0.15, 0.2) is 22.9 Å². The summed E-state index contributed by atoms with van der Waals surface area (Å²) in [7, 11) is 1.90. The fraction of sp³-hybridized carbons (Fsp3) is 0.611. The van der Waals surface area contributed by atoms with E-state index in [0.717, 1.165) is 69.4 Å². The fourth-order valence-electron chi connectivity index (χ4n) is 3.75. The molecule has 0 saturated carbocycles. The first-order valence-electron chi connectivity index (χ1n) is 9.01. The summed E-state index contributed by atoms with van der Waals surface area (Å²) >= 11 is 0. The Morgan fingerprint density at radius 2 is 2.16 bits per heavy atom. The molecule has 2 fully saturated rings. The van der Waals surface area contributed by atoms with Crippen molar-refractivity contribution < 1.29 is 14.1 Å². The molecule has 2 aliphatic rings. The first-order chi connectivity index (χ1) is 12.2. The molecule has 2 aromatic heterocycles. The van der Waals surface area contributed by atoms with Crippen LogP contribution in [-0.2, 0) is 18.2 Å². The van der Waals surface area contributed by atoms with Crippen molar-refractivity contribution in [1.29, 1.82) is 0 Å². The quantitative estimate of drug-likeness (QED) is 0.848. The molecule has 7 heteroatoms. The Bertz CT molecular complexity index is 732. The summed E-state index contributed by atoms with van der Waals surface area (Å²) in [5, 5.41) is 4.15. The van der Waals surface area contributed by atoms with E-state index >= 15 is 0 Å². The van der Waals surface area contributed by atoms with Crippen LogP contribution in [0.4, 0.5) is 0 Å². The van der Waals surface area contributed by atoms with Gasteiger partial charge in [0, 0.05) is 51.9 Å². The van der Waals surface area contributed by atoms with E-state index in [2.05, 4.69) is 10.1 Å². The molecule has 0 aromatic carbocycles. The SMILES string of the molecule is Cn1cccc1C(=O)N1CCC(Cc2noc(C3CCOCC3)n2)C1. The Kier molecular flexibility index (Phi) is 4.57. The minimum absolute atomic E-state index is 0.103. The second-order valence-corrected chi connectivity index (χ2v) is 7.05. The highest BCUT2D eigenvalue weighted by Gasteiger charge is 2.29. The molecule has 0 aliphatic carbocycles. The number of carbonyl (C=O) groups is 1. The maximum atomic E-state index is 12.6. The van der Waals surface area contributed by atoms with Gasteiger partial charge in [0.25, 0.3) is 5.91 Å². The summed E-state index contributed by atoms with van der Waals surface area (Å²) in [5.41, 5.74) is 0.738. The van der Waals surface area contributed by atoms with Gasteiger partial charge in [0.15, 0.2) is 5.82 Å². The number of nitrogens with zero attached hydrogens (tertiary/aromatic N) is 4. The molecular weight excluding hydrogens is 320 g/mol. The zero-order valence-corrected chi connectivity index (χ0v) is 14.6. The lowest BCUT2D eigenvalue weighted by molar-refractivity contribution is 0.0775. The summed E-state index contributed by atoms with van der Waals surface area (Å²) < 4.78 is 12.7. The molecule has 2 saturated heterocycles. The van der Waals surface area contributed by atoms with Crippen molar-refractivity contribution in [3.63, 3.8) is 0 Å². The molecule has 1 unspecified atom stereocenters. The highest BCUT2D eigenvalue weighted by Crippen LogP contribution is 2.27. The highest BCUT2D eigenvalue weighted by atomic mass is 16.5. The molecule has 134 valence electrons. The Morgan fingerprint density at radius 3 is 2.92 bits per heavy atom. The summed E-state index contributed by atoms with van der Waals surface area (Å²) in [5.74, 6) is 2.33. The van der Waals surface area contributed by atoms with E-state index in [1.165, 1.54) is 0 Å². The third kappa shape index (κ3) is 3.46. The maximum absolute atomic E-state index is 12.6. The van der Waals surface area contributed by atoms with Gasteiger partial charge in [-0.3, -0.25) is 4.79 Å². The summed E-state index contributed by atoms with van der Waals surface area (Å²) in [4.78, 5) is 19.1. The fourth-order valence-corrected chi connectivity index (χ4v) is 3.75. The molecule has 0 spiro atoms. The first kappa shape index (κ1) is 16.3. The smallest absolute Gasteiger partial charge is 0.270 e. The van der Waals surface area contributed by atoms with Crippen LogP contribution in [0.2, 0.25) is 0 Å². The summed E-state index contributed by atoms with van der Waals surface area (Å²) in [6.45, 7) is 3.08. The van der Waals surface area contributed by atoms with Gasteiger partial charge in [-0.05, 0) is 37.3 Å². The van der Waals surface area contributed by atoms with Crippen molar-refractivity contribution in [3.8, 4) is 0 Å². The van der Waals surface area contributed by atoms with Gasteiger partial charge in [-0.1, -0.05) is 5.16 Å². The number of amides is 1. The van der Waals surface area contributed by atoms with Gasteiger partial charge in [0.2, 0.25) is 5.89 Å². The molecule has 2 aliphatic heterocycles. The van der Waals surface area contributed by atoms with Crippen LogP contribution < -0.4 is 0 Å². The monoisotopic (exact) mass is 344 g/mol. The lowest BCUT2D eigenvalue weighted by Crippen LogP contribution is -2.30. The number of carbonyl (C=O) groups excluding carboxylic acids is 1. The Morgan fingerprint density at radius 1 is 1.32 bits per heavy atom. The van der Waals surface area contributed by atoms with E-state index in [1.54, 1.807) is 0 Å². The molecule has 25 heavy (non-hydrogen) atoms. The zero-order valence-electron chi connectivity index (χ0n) is 14.6. The third-order valence-electron chi connectivity index (χ3n) is 5.26. The van der Waals surface area contributed by atoms with Gasteiger partial charge in [0.05, 0.1) is 0 Å². The molecule has 2 aromatic rings. The number of aryl methyl sites for hydroxylation is 1. The molecular formula is C18H24N4O3. The van der Waals surface area contributed by atoms with Gasteiger partial charge in [-0.15, -0.1) is 0 Å². The Balaban J connectivity index is 1.34. The van der Waals surface area contributed by atoms with E-state index in [-0.39, 0.29) is 5.91 Å². The van der Waals surface area contributed by atoms with Gasteiger partial charge in [0.1, 0.15) is 5.69 Å². The van der Waals surface area contributed by atoms with Crippen molar-refractivity contribution in [1.82, 2.24) is 19.6 Å².